The summed E-state index contributed by atoms with van der Waals surface area (Å²) >= 11 is 0. The van der Waals surface area contributed by atoms with Gasteiger partial charge in [-0.25, -0.2) is 9.97 Å². The van der Waals surface area contributed by atoms with Gasteiger partial charge in [-0.05, 0) is 25.1 Å². The smallest absolute Gasteiger partial charge is 0.239 e. The molecule has 1 aliphatic rings. The molecule has 0 spiro atoms. The van der Waals surface area contributed by atoms with Crippen LogP contribution in [0.25, 0.3) is 0 Å². The first-order valence-electron chi connectivity index (χ1n) is 8.03. The van der Waals surface area contributed by atoms with E-state index in [4.69, 9.17) is 15.9 Å². The normalized spacial score (nSPS) is 14.1. The number of carbonyl (C=O) groups excluding carboxylic acids is 1. The fourth-order valence-electron chi connectivity index (χ4n) is 2.64. The number of nitrogens with zero attached hydrogens (tertiary/aromatic N) is 3. The second kappa shape index (κ2) is 7.16. The molecular weight excluding hydrogens is 320 g/mol. The summed E-state index contributed by atoms with van der Waals surface area (Å²) in [6, 6.07) is 6.92. The van der Waals surface area contributed by atoms with Crippen molar-refractivity contribution < 1.29 is 9.53 Å². The van der Waals surface area contributed by atoms with Gasteiger partial charge in [-0.3, -0.25) is 10.2 Å². The first-order chi connectivity index (χ1) is 12.1. The minimum Gasteiger partial charge on any atom is -0.494 e. The number of hydrogen-bond acceptors (Lipinski definition) is 7. The Kier molecular flexibility index (Phi) is 4.78. The van der Waals surface area contributed by atoms with Crippen LogP contribution in [0.3, 0.4) is 0 Å². The van der Waals surface area contributed by atoms with E-state index >= 15 is 0 Å². The van der Waals surface area contributed by atoms with Gasteiger partial charge in [-0.2, -0.15) is 0 Å². The van der Waals surface area contributed by atoms with E-state index in [2.05, 4.69) is 15.3 Å². The number of anilines is 2. The van der Waals surface area contributed by atoms with Gasteiger partial charge in [0.25, 0.3) is 0 Å². The molecule has 1 aliphatic heterocycles. The van der Waals surface area contributed by atoms with Crippen LogP contribution < -0.4 is 20.7 Å². The fourth-order valence-corrected chi connectivity index (χ4v) is 2.64. The van der Waals surface area contributed by atoms with Crippen molar-refractivity contribution in [3.8, 4) is 5.75 Å². The van der Waals surface area contributed by atoms with Crippen molar-refractivity contribution >= 4 is 23.1 Å². The monoisotopic (exact) mass is 340 g/mol. The van der Waals surface area contributed by atoms with Gasteiger partial charge in [0.15, 0.2) is 0 Å². The van der Waals surface area contributed by atoms with Gasteiger partial charge in [0.2, 0.25) is 5.91 Å². The summed E-state index contributed by atoms with van der Waals surface area (Å²) in [7, 11) is 0. The van der Waals surface area contributed by atoms with E-state index in [1.165, 1.54) is 6.33 Å². The Hall–Kier alpha value is -3.16. The second-order valence-corrected chi connectivity index (χ2v) is 5.59. The number of amides is 1. The average Bonchev–Trinajstić information content (AvgIpc) is 2.63. The van der Waals surface area contributed by atoms with Crippen LogP contribution in [0.5, 0.6) is 5.75 Å². The third-order valence-corrected chi connectivity index (χ3v) is 3.88. The van der Waals surface area contributed by atoms with Crippen molar-refractivity contribution in [1.82, 2.24) is 15.3 Å². The Morgan fingerprint density at radius 1 is 1.40 bits per heavy atom. The summed E-state index contributed by atoms with van der Waals surface area (Å²) in [6.07, 6.45) is 1.40. The van der Waals surface area contributed by atoms with Gasteiger partial charge in [0, 0.05) is 30.4 Å². The molecule has 4 N–H and O–H groups in total. The zero-order valence-corrected chi connectivity index (χ0v) is 14.0. The minimum atomic E-state index is -0.0462. The molecule has 1 fully saturated rings. The average molecular weight is 340 g/mol. The standard InChI is InChI=1S/C17H20N6O2/c1-2-25-11-3-4-13(18)12(7-11)17(19)14-8-15(22-10-21-14)23-6-5-20-16(24)9-23/h3-4,7-8,10,19H,2,5-6,9,18H2,1H3,(H,20,24). The molecule has 0 bridgehead atoms. The summed E-state index contributed by atoms with van der Waals surface area (Å²) < 4.78 is 5.48. The molecule has 8 nitrogen and oxygen atoms in total. The molecule has 0 unspecified atom stereocenters. The lowest BCUT2D eigenvalue weighted by Gasteiger charge is -2.27. The Morgan fingerprint density at radius 3 is 3.00 bits per heavy atom. The zero-order chi connectivity index (χ0) is 17.8. The molecule has 8 heteroatoms. The van der Waals surface area contributed by atoms with Gasteiger partial charge in [0.05, 0.1) is 24.6 Å². The first-order valence-corrected chi connectivity index (χ1v) is 8.03. The van der Waals surface area contributed by atoms with Crippen LogP contribution in [0, 0.1) is 5.41 Å². The minimum absolute atomic E-state index is 0.0462. The second-order valence-electron chi connectivity index (χ2n) is 5.59. The number of carbonyl (C=O) groups is 1. The highest BCUT2D eigenvalue weighted by atomic mass is 16.5. The third-order valence-electron chi connectivity index (χ3n) is 3.88. The number of rotatable bonds is 5. The summed E-state index contributed by atoms with van der Waals surface area (Å²) in [6.45, 7) is 3.90. The Bertz CT molecular complexity index is 807. The van der Waals surface area contributed by atoms with Crippen molar-refractivity contribution in [1.29, 1.82) is 5.41 Å². The van der Waals surface area contributed by atoms with Gasteiger partial charge in [0.1, 0.15) is 17.9 Å². The number of piperazine rings is 1. The van der Waals surface area contributed by atoms with Crippen LogP contribution in [0.15, 0.2) is 30.6 Å². The number of aromatic nitrogens is 2. The number of hydrogen-bond donors (Lipinski definition) is 3. The highest BCUT2D eigenvalue weighted by molar-refractivity contribution is 6.13. The molecular formula is C17H20N6O2. The van der Waals surface area contributed by atoms with E-state index in [9.17, 15) is 4.79 Å². The number of nitrogens with one attached hydrogen (secondary N) is 2. The third kappa shape index (κ3) is 3.68. The van der Waals surface area contributed by atoms with Gasteiger partial charge >= 0.3 is 0 Å². The molecule has 1 aromatic carbocycles. The van der Waals surface area contributed by atoms with Crippen molar-refractivity contribution in [2.75, 3.05) is 36.9 Å². The van der Waals surface area contributed by atoms with Crippen LogP contribution in [0.2, 0.25) is 0 Å². The molecule has 0 radical (unpaired) electrons. The Morgan fingerprint density at radius 2 is 2.24 bits per heavy atom. The van der Waals surface area contributed by atoms with E-state index in [0.29, 0.717) is 48.2 Å². The molecule has 1 amide bonds. The largest absolute Gasteiger partial charge is 0.494 e. The lowest BCUT2D eigenvalue weighted by molar-refractivity contribution is -0.120. The van der Waals surface area contributed by atoms with Crippen molar-refractivity contribution in [2.24, 2.45) is 0 Å². The highest BCUT2D eigenvalue weighted by Crippen LogP contribution is 2.23. The topological polar surface area (TPSA) is 117 Å². The maximum absolute atomic E-state index is 11.6. The van der Waals surface area contributed by atoms with Crippen LogP contribution in [0.4, 0.5) is 11.5 Å². The summed E-state index contributed by atoms with van der Waals surface area (Å²) in [5.74, 6) is 1.22. The number of ether oxygens (including phenoxy) is 1. The molecule has 3 rings (SSSR count). The summed E-state index contributed by atoms with van der Waals surface area (Å²) in [5, 5.41) is 11.2. The molecule has 0 saturated carbocycles. The lowest BCUT2D eigenvalue weighted by Crippen LogP contribution is -2.48. The van der Waals surface area contributed by atoms with Gasteiger partial charge in [-0.15, -0.1) is 0 Å². The van der Waals surface area contributed by atoms with Crippen LogP contribution in [-0.4, -0.2) is 47.8 Å². The Balaban J connectivity index is 1.89. The number of nitrogens with two attached hydrogens (primary N) is 1. The number of benzene rings is 1. The Labute approximate surface area is 145 Å². The van der Waals surface area contributed by atoms with E-state index in [1.54, 1.807) is 24.3 Å². The molecule has 2 heterocycles. The van der Waals surface area contributed by atoms with Crippen LogP contribution in [-0.2, 0) is 4.79 Å². The van der Waals surface area contributed by atoms with E-state index < -0.39 is 0 Å². The predicted molar refractivity (Wildman–Crippen MR) is 95.2 cm³/mol. The molecule has 130 valence electrons. The zero-order valence-electron chi connectivity index (χ0n) is 14.0. The van der Waals surface area contributed by atoms with Crippen LogP contribution >= 0.6 is 0 Å². The van der Waals surface area contributed by atoms with E-state index in [0.717, 1.165) is 0 Å². The lowest BCUT2D eigenvalue weighted by atomic mass is 10.0. The van der Waals surface area contributed by atoms with E-state index in [1.807, 2.05) is 11.8 Å². The maximum atomic E-state index is 11.6. The number of nitrogen functional groups attached to an aromatic ring is 1. The molecule has 1 aromatic heterocycles. The van der Waals surface area contributed by atoms with Gasteiger partial charge < -0.3 is 20.7 Å². The van der Waals surface area contributed by atoms with Crippen molar-refractivity contribution in [3.05, 3.63) is 41.9 Å². The maximum Gasteiger partial charge on any atom is 0.239 e. The van der Waals surface area contributed by atoms with Crippen LogP contribution in [0.1, 0.15) is 18.2 Å². The van der Waals surface area contributed by atoms with E-state index in [-0.39, 0.29) is 18.2 Å². The van der Waals surface area contributed by atoms with Gasteiger partial charge in [-0.1, -0.05) is 0 Å². The molecule has 25 heavy (non-hydrogen) atoms. The van der Waals surface area contributed by atoms with Crippen molar-refractivity contribution in [3.63, 3.8) is 0 Å². The summed E-state index contributed by atoms with van der Waals surface area (Å²) in [4.78, 5) is 21.8. The quantitative estimate of drug-likeness (QED) is 0.548. The first kappa shape index (κ1) is 16.7. The molecule has 0 atom stereocenters. The van der Waals surface area contributed by atoms with Crippen molar-refractivity contribution in [2.45, 2.75) is 6.92 Å². The predicted octanol–water partition coefficient (Wildman–Crippen LogP) is 0.810. The fraction of sp³-hybridized carbons (Fsp3) is 0.294. The summed E-state index contributed by atoms with van der Waals surface area (Å²) in [5.41, 5.74) is 7.67. The molecule has 1 saturated heterocycles. The SMILES string of the molecule is CCOc1ccc(N)c(C(=N)c2cc(N3CCNC(=O)C3)ncn2)c1. The highest BCUT2D eigenvalue weighted by Gasteiger charge is 2.19. The molecule has 2 aromatic rings. The molecule has 0 aliphatic carbocycles.